The molecular weight excluding hydrogens is 323 g/mol. The van der Waals surface area contributed by atoms with Gasteiger partial charge >= 0.3 is 0 Å². The third kappa shape index (κ3) is 2.94. The van der Waals surface area contributed by atoms with Crippen LogP contribution >= 0.6 is 22.6 Å². The molecule has 0 aromatic heterocycles. The minimum Gasteiger partial charge on any atom is -0.289 e. The van der Waals surface area contributed by atoms with Crippen molar-refractivity contribution in [2.24, 2.45) is 0 Å². The summed E-state index contributed by atoms with van der Waals surface area (Å²) in [6.45, 7) is 2.09. The molecule has 0 spiro atoms. The van der Waals surface area contributed by atoms with Gasteiger partial charge in [0.1, 0.15) is 0 Å². The number of halogens is 1. The van der Waals surface area contributed by atoms with Crippen molar-refractivity contribution in [3.05, 3.63) is 68.8 Å². The lowest BCUT2D eigenvalue weighted by atomic mass is 10.0. The van der Waals surface area contributed by atoms with Crippen LogP contribution in [0.1, 0.15) is 28.4 Å². The van der Waals surface area contributed by atoms with Gasteiger partial charge in [-0.1, -0.05) is 25.1 Å². The fourth-order valence-corrected chi connectivity index (χ4v) is 2.06. The lowest BCUT2D eigenvalue weighted by Crippen LogP contribution is -2.01. The monoisotopic (exact) mass is 336 g/mol. The maximum atomic E-state index is 12.2. The molecule has 0 aliphatic heterocycles. The number of hydrogen-bond donors (Lipinski definition) is 0. The molecule has 0 atom stereocenters. The molecule has 0 saturated heterocycles. The maximum absolute atomic E-state index is 12.2. The molecule has 0 unspecified atom stereocenters. The predicted molar refractivity (Wildman–Crippen MR) is 78.4 cm³/mol. The predicted octanol–water partition coefficient (Wildman–Crippen LogP) is 4.08. The van der Waals surface area contributed by atoms with E-state index < -0.39 is 0 Å². The number of carbonyl (C=O) groups excluding carboxylic acids is 1. The second kappa shape index (κ2) is 5.45. The van der Waals surface area contributed by atoms with Gasteiger partial charge < -0.3 is 0 Å². The quantitative estimate of drug-likeness (QED) is 0.610. The molecule has 17 heavy (non-hydrogen) atoms. The van der Waals surface area contributed by atoms with Crippen molar-refractivity contribution < 1.29 is 4.79 Å². The number of carbonyl (C=O) groups is 1. The van der Waals surface area contributed by atoms with Crippen molar-refractivity contribution in [3.63, 3.8) is 0 Å². The van der Waals surface area contributed by atoms with Crippen LogP contribution in [0.5, 0.6) is 0 Å². The summed E-state index contributed by atoms with van der Waals surface area (Å²) in [6.07, 6.45) is 0.952. The van der Waals surface area contributed by atoms with Gasteiger partial charge in [-0.05, 0) is 64.9 Å². The summed E-state index contributed by atoms with van der Waals surface area (Å²) in [5.41, 5.74) is 2.71. The highest BCUT2D eigenvalue weighted by molar-refractivity contribution is 14.1. The van der Waals surface area contributed by atoms with Crippen LogP contribution in [0, 0.1) is 3.57 Å². The molecule has 0 N–H and O–H groups in total. The summed E-state index contributed by atoms with van der Waals surface area (Å²) in [5, 5.41) is 0. The van der Waals surface area contributed by atoms with Crippen LogP contribution in [-0.4, -0.2) is 5.78 Å². The second-order valence-corrected chi connectivity index (χ2v) is 5.14. The second-order valence-electron chi connectivity index (χ2n) is 3.89. The maximum Gasteiger partial charge on any atom is 0.193 e. The zero-order valence-electron chi connectivity index (χ0n) is 9.61. The lowest BCUT2D eigenvalue weighted by Gasteiger charge is -2.03. The Bertz CT molecular complexity index is 529. The van der Waals surface area contributed by atoms with Crippen LogP contribution in [0.15, 0.2) is 48.5 Å². The molecule has 0 radical (unpaired) electrons. The van der Waals surface area contributed by atoms with Gasteiger partial charge in [0.15, 0.2) is 5.78 Å². The van der Waals surface area contributed by atoms with Crippen LogP contribution in [0.2, 0.25) is 0 Å². The molecule has 2 heteroatoms. The fraction of sp³-hybridized carbons (Fsp3) is 0.133. The summed E-state index contributed by atoms with van der Waals surface area (Å²) >= 11 is 2.23. The van der Waals surface area contributed by atoms with Gasteiger partial charge in [0.2, 0.25) is 0 Å². The number of benzene rings is 2. The fourth-order valence-electron chi connectivity index (χ4n) is 1.70. The standard InChI is InChI=1S/C15H13IO/c1-2-11-4-3-5-13(10-11)15(17)12-6-8-14(16)9-7-12/h3-10H,2H2,1H3. The van der Waals surface area contributed by atoms with Crippen molar-refractivity contribution >= 4 is 28.4 Å². The number of ketones is 1. The first-order chi connectivity index (χ1) is 8.20. The number of rotatable bonds is 3. The Labute approximate surface area is 115 Å². The van der Waals surface area contributed by atoms with Crippen molar-refractivity contribution in [1.29, 1.82) is 0 Å². The van der Waals surface area contributed by atoms with Crippen LogP contribution < -0.4 is 0 Å². The van der Waals surface area contributed by atoms with Gasteiger partial charge in [-0.2, -0.15) is 0 Å². The van der Waals surface area contributed by atoms with Crippen molar-refractivity contribution in [2.75, 3.05) is 0 Å². The molecule has 0 aliphatic rings. The lowest BCUT2D eigenvalue weighted by molar-refractivity contribution is 0.103. The number of aryl methyl sites for hydroxylation is 1. The van der Waals surface area contributed by atoms with Gasteiger partial charge in [-0.25, -0.2) is 0 Å². The molecule has 0 fully saturated rings. The first kappa shape index (κ1) is 12.3. The molecule has 1 nitrogen and oxygen atoms in total. The summed E-state index contributed by atoms with van der Waals surface area (Å²) in [6, 6.07) is 15.5. The van der Waals surface area contributed by atoms with Gasteiger partial charge in [-0.15, -0.1) is 0 Å². The summed E-state index contributed by atoms with van der Waals surface area (Å²) in [5.74, 6) is 0.0942. The van der Waals surface area contributed by atoms with E-state index >= 15 is 0 Å². The average molecular weight is 336 g/mol. The molecule has 2 rings (SSSR count). The topological polar surface area (TPSA) is 17.1 Å². The van der Waals surface area contributed by atoms with Gasteiger partial charge in [0, 0.05) is 14.7 Å². The van der Waals surface area contributed by atoms with E-state index in [1.807, 2.05) is 48.5 Å². The minimum atomic E-state index is 0.0942. The Morgan fingerprint density at radius 1 is 1.06 bits per heavy atom. The minimum absolute atomic E-state index is 0.0942. The summed E-state index contributed by atoms with van der Waals surface area (Å²) < 4.78 is 1.14. The van der Waals surface area contributed by atoms with E-state index in [4.69, 9.17) is 0 Å². The molecule has 0 aliphatic carbocycles. The molecule has 2 aromatic rings. The Morgan fingerprint density at radius 2 is 1.76 bits per heavy atom. The molecule has 2 aromatic carbocycles. The van der Waals surface area contributed by atoms with Crippen LogP contribution in [0.3, 0.4) is 0 Å². The Kier molecular flexibility index (Phi) is 3.94. The zero-order chi connectivity index (χ0) is 12.3. The van der Waals surface area contributed by atoms with Crippen LogP contribution in [-0.2, 0) is 6.42 Å². The highest BCUT2D eigenvalue weighted by Gasteiger charge is 2.08. The van der Waals surface area contributed by atoms with E-state index in [9.17, 15) is 4.79 Å². The number of hydrogen-bond acceptors (Lipinski definition) is 1. The molecule has 0 saturated carbocycles. The highest BCUT2D eigenvalue weighted by Crippen LogP contribution is 2.14. The van der Waals surface area contributed by atoms with E-state index in [1.54, 1.807) is 0 Å². The van der Waals surface area contributed by atoms with Crippen LogP contribution in [0.25, 0.3) is 0 Å². The van der Waals surface area contributed by atoms with E-state index in [2.05, 4.69) is 29.5 Å². The summed E-state index contributed by atoms with van der Waals surface area (Å²) in [7, 11) is 0. The molecule has 0 bridgehead atoms. The Balaban J connectivity index is 2.33. The highest BCUT2D eigenvalue weighted by atomic mass is 127. The molecular formula is C15H13IO. The van der Waals surface area contributed by atoms with Gasteiger partial charge in [0.05, 0.1) is 0 Å². The van der Waals surface area contributed by atoms with E-state index in [0.29, 0.717) is 0 Å². The van der Waals surface area contributed by atoms with Crippen molar-refractivity contribution in [1.82, 2.24) is 0 Å². The average Bonchev–Trinajstić information content (AvgIpc) is 2.39. The van der Waals surface area contributed by atoms with E-state index in [-0.39, 0.29) is 5.78 Å². The normalized spacial score (nSPS) is 10.2. The Hall–Kier alpha value is -1.16. The van der Waals surface area contributed by atoms with Crippen LogP contribution in [0.4, 0.5) is 0 Å². The third-order valence-electron chi connectivity index (χ3n) is 2.70. The van der Waals surface area contributed by atoms with Gasteiger partial charge in [0.25, 0.3) is 0 Å². The largest absolute Gasteiger partial charge is 0.289 e. The summed E-state index contributed by atoms with van der Waals surface area (Å²) in [4.78, 5) is 12.2. The molecule has 86 valence electrons. The van der Waals surface area contributed by atoms with Crippen molar-refractivity contribution in [2.45, 2.75) is 13.3 Å². The van der Waals surface area contributed by atoms with E-state index in [0.717, 1.165) is 21.1 Å². The first-order valence-corrected chi connectivity index (χ1v) is 6.68. The van der Waals surface area contributed by atoms with Crippen molar-refractivity contribution in [3.8, 4) is 0 Å². The molecule has 0 heterocycles. The Morgan fingerprint density at radius 3 is 2.41 bits per heavy atom. The van der Waals surface area contributed by atoms with Gasteiger partial charge in [-0.3, -0.25) is 4.79 Å². The zero-order valence-corrected chi connectivity index (χ0v) is 11.8. The third-order valence-corrected chi connectivity index (χ3v) is 3.42. The smallest absolute Gasteiger partial charge is 0.193 e. The first-order valence-electron chi connectivity index (χ1n) is 5.60. The molecule has 0 amide bonds. The SMILES string of the molecule is CCc1cccc(C(=O)c2ccc(I)cc2)c1. The van der Waals surface area contributed by atoms with E-state index in [1.165, 1.54) is 5.56 Å².